The minimum absolute atomic E-state index is 0.165. The van der Waals surface area contributed by atoms with E-state index in [9.17, 15) is 9.59 Å². The van der Waals surface area contributed by atoms with Crippen molar-refractivity contribution in [2.45, 2.75) is 19.8 Å². The van der Waals surface area contributed by atoms with Gasteiger partial charge in [0.25, 0.3) is 5.91 Å². The number of aromatic nitrogens is 2. The molecule has 6 heteroatoms. The second-order valence-corrected chi connectivity index (χ2v) is 4.54. The minimum atomic E-state index is -0.181. The lowest BCUT2D eigenvalue weighted by Gasteiger charge is -2.06. The lowest BCUT2D eigenvalue weighted by Crippen LogP contribution is -2.27. The van der Waals surface area contributed by atoms with E-state index in [0.29, 0.717) is 11.4 Å². The summed E-state index contributed by atoms with van der Waals surface area (Å²) < 4.78 is 0. The zero-order valence-corrected chi connectivity index (χ0v) is 11.8. The van der Waals surface area contributed by atoms with E-state index in [1.165, 1.54) is 0 Å². The van der Waals surface area contributed by atoms with Crippen LogP contribution in [0.1, 0.15) is 29.3 Å². The Morgan fingerprint density at radius 2 is 2.00 bits per heavy atom. The number of aromatic amines is 1. The molecule has 0 radical (unpaired) electrons. The van der Waals surface area contributed by atoms with Gasteiger partial charge in [-0.2, -0.15) is 5.10 Å². The van der Waals surface area contributed by atoms with E-state index >= 15 is 0 Å². The summed E-state index contributed by atoms with van der Waals surface area (Å²) in [4.78, 5) is 23.6. The molecule has 0 unspecified atom stereocenters. The van der Waals surface area contributed by atoms with Gasteiger partial charge >= 0.3 is 0 Å². The van der Waals surface area contributed by atoms with Gasteiger partial charge in [-0.15, -0.1) is 0 Å². The Bertz CT molecular complexity index is 607. The van der Waals surface area contributed by atoms with Gasteiger partial charge in [0.05, 0.1) is 6.20 Å². The van der Waals surface area contributed by atoms with Gasteiger partial charge in [0.1, 0.15) is 5.82 Å². The molecule has 0 bridgehead atoms. The number of aryl methyl sites for hydroxylation is 1. The Morgan fingerprint density at radius 3 is 2.71 bits per heavy atom. The fraction of sp³-hybridized carbons (Fsp3) is 0.267. The average Bonchev–Trinajstić information content (AvgIpc) is 2.95. The molecule has 0 atom stereocenters. The first-order valence-electron chi connectivity index (χ1n) is 6.86. The molecule has 2 aromatic rings. The molecule has 6 nitrogen and oxygen atoms in total. The highest BCUT2D eigenvalue weighted by Crippen LogP contribution is 2.11. The summed E-state index contributed by atoms with van der Waals surface area (Å²) in [5.74, 6) is 0.276. The van der Waals surface area contributed by atoms with Gasteiger partial charge < -0.3 is 10.6 Å². The highest BCUT2D eigenvalue weighted by Gasteiger charge is 2.09. The van der Waals surface area contributed by atoms with Crippen LogP contribution in [0.5, 0.6) is 0 Å². The minimum Gasteiger partial charge on any atom is -0.352 e. The van der Waals surface area contributed by atoms with E-state index in [0.717, 1.165) is 12.0 Å². The van der Waals surface area contributed by atoms with Crippen molar-refractivity contribution in [3.63, 3.8) is 0 Å². The van der Waals surface area contributed by atoms with Crippen molar-refractivity contribution < 1.29 is 9.59 Å². The predicted molar refractivity (Wildman–Crippen MR) is 80.0 cm³/mol. The number of H-pyrrole nitrogens is 1. The molecule has 0 saturated carbocycles. The lowest BCUT2D eigenvalue weighted by atomic mass is 10.2. The van der Waals surface area contributed by atoms with E-state index in [1.54, 1.807) is 30.5 Å². The normalized spacial score (nSPS) is 10.1. The molecular weight excluding hydrogens is 268 g/mol. The first kappa shape index (κ1) is 14.8. The van der Waals surface area contributed by atoms with E-state index in [2.05, 4.69) is 20.8 Å². The maximum atomic E-state index is 11.8. The van der Waals surface area contributed by atoms with Crippen LogP contribution in [-0.4, -0.2) is 28.6 Å². The van der Waals surface area contributed by atoms with Gasteiger partial charge in [-0.05, 0) is 18.6 Å². The monoisotopic (exact) mass is 286 g/mol. The number of rotatable bonds is 6. The standard InChI is InChI=1S/C15H18N4O2/c1-2-11-10-17-19-14(11)18-13(20)8-9-16-15(21)12-6-4-3-5-7-12/h3-7,10H,2,8-9H2,1H3,(H,16,21)(H2,17,18,19,20). The molecule has 3 N–H and O–H groups in total. The molecule has 1 aromatic heterocycles. The number of nitrogens with zero attached hydrogens (tertiary/aromatic N) is 1. The van der Waals surface area contributed by atoms with Crippen LogP contribution in [0.15, 0.2) is 36.5 Å². The van der Waals surface area contributed by atoms with Crippen molar-refractivity contribution in [2.24, 2.45) is 0 Å². The molecule has 1 heterocycles. The first-order chi connectivity index (χ1) is 10.2. The van der Waals surface area contributed by atoms with Crippen molar-refractivity contribution in [1.82, 2.24) is 15.5 Å². The summed E-state index contributed by atoms with van der Waals surface area (Å²) in [6, 6.07) is 8.90. The first-order valence-corrected chi connectivity index (χ1v) is 6.86. The molecule has 2 amide bonds. The van der Waals surface area contributed by atoms with Crippen molar-refractivity contribution in [3.8, 4) is 0 Å². The number of nitrogens with one attached hydrogen (secondary N) is 3. The molecule has 1 aromatic carbocycles. The van der Waals surface area contributed by atoms with Crippen molar-refractivity contribution in [2.75, 3.05) is 11.9 Å². The number of benzene rings is 1. The van der Waals surface area contributed by atoms with Crippen LogP contribution < -0.4 is 10.6 Å². The molecule has 0 saturated heterocycles. The SMILES string of the molecule is CCc1cn[nH]c1NC(=O)CCNC(=O)c1ccccc1. The highest BCUT2D eigenvalue weighted by atomic mass is 16.2. The molecule has 0 fully saturated rings. The maximum Gasteiger partial charge on any atom is 0.251 e. The van der Waals surface area contributed by atoms with Gasteiger partial charge in [-0.25, -0.2) is 0 Å². The summed E-state index contributed by atoms with van der Waals surface area (Å²) in [7, 11) is 0. The smallest absolute Gasteiger partial charge is 0.251 e. The molecular formula is C15H18N4O2. The quantitative estimate of drug-likeness (QED) is 0.755. The summed E-state index contributed by atoms with van der Waals surface area (Å²) in [5, 5.41) is 12.1. The Kier molecular flexibility index (Phi) is 5.09. The molecule has 0 aliphatic heterocycles. The van der Waals surface area contributed by atoms with E-state index in [1.807, 2.05) is 13.0 Å². The van der Waals surface area contributed by atoms with Crippen molar-refractivity contribution >= 4 is 17.6 Å². The van der Waals surface area contributed by atoms with Gasteiger partial charge in [-0.1, -0.05) is 25.1 Å². The zero-order valence-electron chi connectivity index (χ0n) is 11.8. The molecule has 110 valence electrons. The zero-order chi connectivity index (χ0) is 15.1. The lowest BCUT2D eigenvalue weighted by molar-refractivity contribution is -0.116. The van der Waals surface area contributed by atoms with Crippen molar-refractivity contribution in [3.05, 3.63) is 47.7 Å². The largest absolute Gasteiger partial charge is 0.352 e. The topological polar surface area (TPSA) is 86.9 Å². The van der Waals surface area contributed by atoms with Gasteiger partial charge in [0, 0.05) is 24.1 Å². The number of carbonyl (C=O) groups excluding carboxylic acids is 2. The van der Waals surface area contributed by atoms with Crippen LogP contribution in [-0.2, 0) is 11.2 Å². The van der Waals surface area contributed by atoms with Gasteiger partial charge in [0.15, 0.2) is 0 Å². The summed E-state index contributed by atoms with van der Waals surface area (Å²) in [6.07, 6.45) is 2.68. The van der Waals surface area contributed by atoms with Crippen molar-refractivity contribution in [1.29, 1.82) is 0 Å². The van der Waals surface area contributed by atoms with Gasteiger partial charge in [-0.3, -0.25) is 14.7 Å². The van der Waals surface area contributed by atoms with Crippen LogP contribution in [0.3, 0.4) is 0 Å². The number of hydrogen-bond donors (Lipinski definition) is 3. The van der Waals surface area contributed by atoms with Gasteiger partial charge in [0.2, 0.25) is 5.91 Å². The Morgan fingerprint density at radius 1 is 1.24 bits per heavy atom. The van der Waals surface area contributed by atoms with Crippen LogP contribution in [0, 0.1) is 0 Å². The second kappa shape index (κ2) is 7.23. The van der Waals surface area contributed by atoms with E-state index < -0.39 is 0 Å². The molecule has 0 aliphatic carbocycles. The van der Waals surface area contributed by atoms with Crippen LogP contribution in [0.2, 0.25) is 0 Å². The van der Waals surface area contributed by atoms with Crippen LogP contribution >= 0.6 is 0 Å². The number of anilines is 1. The third-order valence-electron chi connectivity index (χ3n) is 3.04. The number of hydrogen-bond acceptors (Lipinski definition) is 3. The maximum absolute atomic E-state index is 11.8. The molecule has 0 spiro atoms. The Labute approximate surface area is 122 Å². The molecule has 2 rings (SSSR count). The van der Waals surface area contributed by atoms with E-state index in [-0.39, 0.29) is 24.8 Å². The Hall–Kier alpha value is -2.63. The summed E-state index contributed by atoms with van der Waals surface area (Å²) in [5.41, 5.74) is 1.54. The fourth-order valence-corrected chi connectivity index (χ4v) is 1.87. The average molecular weight is 286 g/mol. The third kappa shape index (κ3) is 4.17. The summed E-state index contributed by atoms with van der Waals surface area (Å²) in [6.45, 7) is 2.27. The number of carbonyl (C=O) groups is 2. The second-order valence-electron chi connectivity index (χ2n) is 4.54. The summed E-state index contributed by atoms with van der Waals surface area (Å²) >= 11 is 0. The number of amides is 2. The molecule has 21 heavy (non-hydrogen) atoms. The fourth-order valence-electron chi connectivity index (χ4n) is 1.87. The van der Waals surface area contributed by atoms with Crippen LogP contribution in [0.25, 0.3) is 0 Å². The Balaban J connectivity index is 1.76. The third-order valence-corrected chi connectivity index (χ3v) is 3.04. The van der Waals surface area contributed by atoms with Crippen LogP contribution in [0.4, 0.5) is 5.82 Å². The highest BCUT2D eigenvalue weighted by molar-refractivity contribution is 5.95. The molecule has 0 aliphatic rings. The predicted octanol–water partition coefficient (Wildman–Crippen LogP) is 1.73. The van der Waals surface area contributed by atoms with E-state index in [4.69, 9.17) is 0 Å².